The molecule has 1 aliphatic rings. The molecule has 0 saturated heterocycles. The predicted molar refractivity (Wildman–Crippen MR) is 41.6 cm³/mol. The molecular weight excluding hydrogens is 140 g/mol. The van der Waals surface area contributed by atoms with Crippen LogP contribution < -0.4 is 0 Å². The SMILES string of the molecule is OC1(O)C=Cc2ccccc21. The van der Waals surface area contributed by atoms with Gasteiger partial charge in [-0.2, -0.15) is 0 Å². The van der Waals surface area contributed by atoms with E-state index >= 15 is 0 Å². The molecular formula is C9H8O2. The molecule has 2 heteroatoms. The van der Waals surface area contributed by atoms with E-state index in [-0.39, 0.29) is 0 Å². The normalized spacial score (nSPS) is 18.4. The standard InChI is InChI=1S/C9H8O2/c10-9(11)6-5-7-3-1-2-4-8(7)9/h1-6,10-11H. The molecule has 1 aromatic rings. The Balaban J connectivity index is 2.64. The Kier molecular flexibility index (Phi) is 1.16. The molecule has 2 nitrogen and oxygen atoms in total. The molecule has 0 aromatic heterocycles. The van der Waals surface area contributed by atoms with Gasteiger partial charge in [-0.1, -0.05) is 30.3 Å². The quantitative estimate of drug-likeness (QED) is 0.535. The van der Waals surface area contributed by atoms with Gasteiger partial charge in [-0.25, -0.2) is 0 Å². The Morgan fingerprint density at radius 1 is 1.09 bits per heavy atom. The lowest BCUT2D eigenvalue weighted by atomic mass is 10.1. The Hall–Kier alpha value is -1.12. The second kappa shape index (κ2) is 1.94. The molecule has 0 radical (unpaired) electrons. The van der Waals surface area contributed by atoms with Crippen LogP contribution >= 0.6 is 0 Å². The smallest absolute Gasteiger partial charge is 0.211 e. The van der Waals surface area contributed by atoms with Gasteiger partial charge in [0, 0.05) is 5.56 Å². The average molecular weight is 148 g/mol. The van der Waals surface area contributed by atoms with E-state index in [2.05, 4.69) is 0 Å². The first kappa shape index (κ1) is 6.58. The fourth-order valence-corrected chi connectivity index (χ4v) is 1.27. The molecule has 0 spiro atoms. The highest BCUT2D eigenvalue weighted by atomic mass is 16.5. The third kappa shape index (κ3) is 0.878. The third-order valence-electron chi connectivity index (χ3n) is 1.85. The van der Waals surface area contributed by atoms with Crippen molar-refractivity contribution in [2.45, 2.75) is 5.79 Å². The Bertz CT molecular complexity index is 313. The number of hydrogen-bond donors (Lipinski definition) is 2. The summed E-state index contributed by atoms with van der Waals surface area (Å²) in [5.41, 5.74) is 1.43. The molecule has 11 heavy (non-hydrogen) atoms. The third-order valence-corrected chi connectivity index (χ3v) is 1.85. The first-order valence-corrected chi connectivity index (χ1v) is 3.44. The van der Waals surface area contributed by atoms with Crippen LogP contribution in [0.15, 0.2) is 30.3 Å². The molecule has 0 amide bonds. The van der Waals surface area contributed by atoms with E-state index in [0.29, 0.717) is 5.56 Å². The maximum atomic E-state index is 9.32. The molecule has 1 aliphatic carbocycles. The van der Waals surface area contributed by atoms with Crippen molar-refractivity contribution in [3.05, 3.63) is 41.5 Å². The molecule has 56 valence electrons. The zero-order valence-corrected chi connectivity index (χ0v) is 5.86. The van der Waals surface area contributed by atoms with Gasteiger partial charge in [-0.05, 0) is 11.6 Å². The molecule has 2 N–H and O–H groups in total. The first-order valence-electron chi connectivity index (χ1n) is 3.44. The van der Waals surface area contributed by atoms with E-state index in [1.807, 2.05) is 12.1 Å². The van der Waals surface area contributed by atoms with Gasteiger partial charge in [-0.15, -0.1) is 0 Å². The average Bonchev–Trinajstić information content (AvgIpc) is 2.29. The van der Waals surface area contributed by atoms with E-state index in [1.165, 1.54) is 6.08 Å². The molecule has 0 heterocycles. The zero-order chi connectivity index (χ0) is 7.90. The van der Waals surface area contributed by atoms with Crippen molar-refractivity contribution in [3.8, 4) is 0 Å². The fourth-order valence-electron chi connectivity index (χ4n) is 1.27. The van der Waals surface area contributed by atoms with E-state index in [0.717, 1.165) is 5.56 Å². The predicted octanol–water partition coefficient (Wildman–Crippen LogP) is 0.851. The highest BCUT2D eigenvalue weighted by molar-refractivity contribution is 5.62. The molecule has 0 fully saturated rings. The highest BCUT2D eigenvalue weighted by Gasteiger charge is 2.28. The summed E-state index contributed by atoms with van der Waals surface area (Å²) in [7, 11) is 0. The van der Waals surface area contributed by atoms with Gasteiger partial charge >= 0.3 is 0 Å². The summed E-state index contributed by atoms with van der Waals surface area (Å²) in [6.07, 6.45) is 3.08. The van der Waals surface area contributed by atoms with E-state index < -0.39 is 5.79 Å². The summed E-state index contributed by atoms with van der Waals surface area (Å²) in [5.74, 6) is -1.75. The number of aliphatic hydroxyl groups is 2. The second-order valence-corrected chi connectivity index (χ2v) is 2.65. The van der Waals surface area contributed by atoms with Crippen LogP contribution in [-0.2, 0) is 5.79 Å². The fraction of sp³-hybridized carbons (Fsp3) is 0.111. The van der Waals surface area contributed by atoms with Crippen LogP contribution in [0.5, 0.6) is 0 Å². The van der Waals surface area contributed by atoms with Crippen LogP contribution in [-0.4, -0.2) is 10.2 Å². The molecule has 0 aliphatic heterocycles. The molecule has 0 bridgehead atoms. The summed E-state index contributed by atoms with van der Waals surface area (Å²) in [6.45, 7) is 0. The van der Waals surface area contributed by atoms with Crippen LogP contribution in [0, 0.1) is 0 Å². The van der Waals surface area contributed by atoms with Crippen molar-refractivity contribution in [2.24, 2.45) is 0 Å². The molecule has 1 aromatic carbocycles. The van der Waals surface area contributed by atoms with E-state index in [1.54, 1.807) is 18.2 Å². The maximum Gasteiger partial charge on any atom is 0.211 e. The zero-order valence-electron chi connectivity index (χ0n) is 5.86. The number of rotatable bonds is 0. The Morgan fingerprint density at radius 3 is 2.55 bits per heavy atom. The van der Waals surface area contributed by atoms with E-state index in [9.17, 15) is 10.2 Å². The minimum atomic E-state index is -1.75. The Labute approximate surface area is 64.4 Å². The van der Waals surface area contributed by atoms with Gasteiger partial charge in [0.15, 0.2) is 0 Å². The Morgan fingerprint density at radius 2 is 1.82 bits per heavy atom. The van der Waals surface area contributed by atoms with Crippen molar-refractivity contribution >= 4 is 6.08 Å². The number of fused-ring (bicyclic) bond motifs is 1. The highest BCUT2D eigenvalue weighted by Crippen LogP contribution is 2.30. The summed E-state index contributed by atoms with van der Waals surface area (Å²) in [4.78, 5) is 0. The minimum absolute atomic E-state index is 0.556. The number of benzene rings is 1. The first-order chi connectivity index (χ1) is 5.20. The van der Waals surface area contributed by atoms with Crippen molar-refractivity contribution in [3.63, 3.8) is 0 Å². The van der Waals surface area contributed by atoms with Crippen LogP contribution in [0.25, 0.3) is 6.08 Å². The molecule has 0 unspecified atom stereocenters. The maximum absolute atomic E-state index is 9.32. The van der Waals surface area contributed by atoms with Crippen molar-refractivity contribution in [1.82, 2.24) is 0 Å². The summed E-state index contributed by atoms with van der Waals surface area (Å²) in [6, 6.07) is 7.20. The topological polar surface area (TPSA) is 40.5 Å². The lowest BCUT2D eigenvalue weighted by molar-refractivity contribution is -0.122. The summed E-state index contributed by atoms with van der Waals surface area (Å²) in [5, 5.41) is 18.6. The lowest BCUT2D eigenvalue weighted by Crippen LogP contribution is -2.19. The van der Waals surface area contributed by atoms with Gasteiger partial charge < -0.3 is 10.2 Å². The van der Waals surface area contributed by atoms with Gasteiger partial charge in [0.05, 0.1) is 0 Å². The van der Waals surface area contributed by atoms with Gasteiger partial charge in [0.1, 0.15) is 0 Å². The molecule has 2 rings (SSSR count). The van der Waals surface area contributed by atoms with Gasteiger partial charge in [0.2, 0.25) is 5.79 Å². The second-order valence-electron chi connectivity index (χ2n) is 2.65. The molecule has 0 atom stereocenters. The van der Waals surface area contributed by atoms with Crippen molar-refractivity contribution in [2.75, 3.05) is 0 Å². The molecule has 0 saturated carbocycles. The van der Waals surface area contributed by atoms with Crippen molar-refractivity contribution in [1.29, 1.82) is 0 Å². The van der Waals surface area contributed by atoms with Crippen LogP contribution in [0.1, 0.15) is 11.1 Å². The van der Waals surface area contributed by atoms with Crippen LogP contribution in [0.2, 0.25) is 0 Å². The van der Waals surface area contributed by atoms with Gasteiger partial charge in [0.25, 0.3) is 0 Å². The largest absolute Gasteiger partial charge is 0.359 e. The van der Waals surface area contributed by atoms with Crippen LogP contribution in [0.3, 0.4) is 0 Å². The van der Waals surface area contributed by atoms with E-state index in [4.69, 9.17) is 0 Å². The summed E-state index contributed by atoms with van der Waals surface area (Å²) < 4.78 is 0. The summed E-state index contributed by atoms with van der Waals surface area (Å²) >= 11 is 0. The van der Waals surface area contributed by atoms with Gasteiger partial charge in [-0.3, -0.25) is 0 Å². The number of hydrogen-bond acceptors (Lipinski definition) is 2. The lowest BCUT2D eigenvalue weighted by Gasteiger charge is -2.13. The van der Waals surface area contributed by atoms with Crippen molar-refractivity contribution < 1.29 is 10.2 Å². The monoisotopic (exact) mass is 148 g/mol. The minimum Gasteiger partial charge on any atom is -0.359 e. The van der Waals surface area contributed by atoms with Crippen LogP contribution in [0.4, 0.5) is 0 Å².